The molecule has 0 aliphatic heterocycles. The molecule has 1 heterocycles. The van der Waals surface area contributed by atoms with E-state index < -0.39 is 0 Å². The van der Waals surface area contributed by atoms with Gasteiger partial charge in [0.15, 0.2) is 0 Å². The first-order valence-corrected chi connectivity index (χ1v) is 8.71. The standard InChI is InChI=1S/C20H19ClFN3O/c1-13-18(12-15-2-6-16(21)7-3-15)19(26)25-20(24-13)23-11-10-14-4-8-17(22)9-5-14/h2-9H,10-12H2,1H3,(H2,23,24,25,26). The molecule has 26 heavy (non-hydrogen) atoms. The van der Waals surface area contributed by atoms with Gasteiger partial charge in [0.2, 0.25) is 5.95 Å². The van der Waals surface area contributed by atoms with Crippen molar-refractivity contribution in [3.05, 3.63) is 92.1 Å². The van der Waals surface area contributed by atoms with Crippen LogP contribution in [0.2, 0.25) is 5.02 Å². The number of aryl methyl sites for hydroxylation is 1. The van der Waals surface area contributed by atoms with Crippen LogP contribution in [-0.4, -0.2) is 16.5 Å². The molecule has 4 nitrogen and oxygen atoms in total. The Balaban J connectivity index is 1.65. The summed E-state index contributed by atoms with van der Waals surface area (Å²) in [6.07, 6.45) is 1.21. The van der Waals surface area contributed by atoms with Gasteiger partial charge < -0.3 is 5.32 Å². The van der Waals surface area contributed by atoms with E-state index in [1.54, 1.807) is 24.3 Å². The maximum atomic E-state index is 12.9. The van der Waals surface area contributed by atoms with Gasteiger partial charge in [0.05, 0.1) is 5.69 Å². The average Bonchev–Trinajstić information content (AvgIpc) is 2.61. The van der Waals surface area contributed by atoms with Gasteiger partial charge in [0.25, 0.3) is 5.56 Å². The second-order valence-electron chi connectivity index (χ2n) is 6.08. The number of nitrogens with one attached hydrogen (secondary N) is 2. The third kappa shape index (κ3) is 4.70. The second-order valence-corrected chi connectivity index (χ2v) is 6.52. The molecule has 2 aromatic carbocycles. The Morgan fingerprint density at radius 1 is 1.08 bits per heavy atom. The molecule has 0 aliphatic rings. The monoisotopic (exact) mass is 371 g/mol. The fourth-order valence-corrected chi connectivity index (χ4v) is 2.81. The van der Waals surface area contributed by atoms with E-state index in [2.05, 4.69) is 15.3 Å². The summed E-state index contributed by atoms with van der Waals surface area (Å²) in [7, 11) is 0. The van der Waals surface area contributed by atoms with Crippen molar-refractivity contribution in [2.24, 2.45) is 0 Å². The zero-order valence-electron chi connectivity index (χ0n) is 14.4. The smallest absolute Gasteiger partial charge is 0.256 e. The quantitative estimate of drug-likeness (QED) is 0.685. The van der Waals surface area contributed by atoms with E-state index in [-0.39, 0.29) is 11.4 Å². The van der Waals surface area contributed by atoms with Crippen molar-refractivity contribution in [2.45, 2.75) is 19.8 Å². The first kappa shape index (κ1) is 18.1. The van der Waals surface area contributed by atoms with Crippen LogP contribution in [0.4, 0.5) is 10.3 Å². The number of aromatic nitrogens is 2. The van der Waals surface area contributed by atoms with Crippen molar-refractivity contribution in [2.75, 3.05) is 11.9 Å². The Labute approximate surface area is 156 Å². The highest BCUT2D eigenvalue weighted by atomic mass is 35.5. The number of H-pyrrole nitrogens is 1. The summed E-state index contributed by atoms with van der Waals surface area (Å²) in [5.74, 6) is 0.189. The van der Waals surface area contributed by atoms with Crippen LogP contribution in [0.5, 0.6) is 0 Å². The van der Waals surface area contributed by atoms with Crippen LogP contribution in [0.25, 0.3) is 0 Å². The van der Waals surface area contributed by atoms with E-state index >= 15 is 0 Å². The van der Waals surface area contributed by atoms with Crippen molar-refractivity contribution in [3.8, 4) is 0 Å². The highest BCUT2D eigenvalue weighted by molar-refractivity contribution is 6.30. The predicted molar refractivity (Wildman–Crippen MR) is 102 cm³/mol. The number of benzene rings is 2. The molecule has 0 aliphatic carbocycles. The van der Waals surface area contributed by atoms with Crippen molar-refractivity contribution in [1.29, 1.82) is 0 Å². The normalized spacial score (nSPS) is 10.7. The first-order chi connectivity index (χ1) is 12.5. The molecule has 0 atom stereocenters. The third-order valence-electron chi connectivity index (χ3n) is 4.14. The van der Waals surface area contributed by atoms with E-state index in [0.29, 0.717) is 41.6 Å². The summed E-state index contributed by atoms with van der Waals surface area (Å²) >= 11 is 5.89. The van der Waals surface area contributed by atoms with Crippen LogP contribution in [-0.2, 0) is 12.8 Å². The molecule has 0 saturated carbocycles. The van der Waals surface area contributed by atoms with Gasteiger partial charge in [-0.1, -0.05) is 35.9 Å². The Morgan fingerprint density at radius 3 is 2.38 bits per heavy atom. The number of hydrogen-bond acceptors (Lipinski definition) is 3. The van der Waals surface area contributed by atoms with Crippen molar-refractivity contribution >= 4 is 17.5 Å². The fraction of sp³-hybridized carbons (Fsp3) is 0.200. The summed E-state index contributed by atoms with van der Waals surface area (Å²) in [4.78, 5) is 19.6. The van der Waals surface area contributed by atoms with E-state index in [0.717, 1.165) is 11.1 Å². The highest BCUT2D eigenvalue weighted by Crippen LogP contribution is 2.14. The molecule has 0 amide bonds. The number of anilines is 1. The summed E-state index contributed by atoms with van der Waals surface area (Å²) in [5.41, 5.74) is 3.18. The predicted octanol–water partition coefficient (Wildman–Crippen LogP) is 4.12. The molecule has 2 N–H and O–H groups in total. The first-order valence-electron chi connectivity index (χ1n) is 8.34. The molecule has 6 heteroatoms. The largest absolute Gasteiger partial charge is 0.355 e. The van der Waals surface area contributed by atoms with Gasteiger partial charge in [-0.15, -0.1) is 0 Å². The van der Waals surface area contributed by atoms with Crippen LogP contribution < -0.4 is 10.9 Å². The van der Waals surface area contributed by atoms with Crippen LogP contribution in [0.3, 0.4) is 0 Å². The number of hydrogen-bond donors (Lipinski definition) is 2. The lowest BCUT2D eigenvalue weighted by Gasteiger charge is -2.09. The van der Waals surface area contributed by atoms with Crippen molar-refractivity contribution in [1.82, 2.24) is 9.97 Å². The maximum Gasteiger partial charge on any atom is 0.256 e. The molecule has 0 radical (unpaired) electrons. The topological polar surface area (TPSA) is 57.8 Å². The maximum absolute atomic E-state index is 12.9. The van der Waals surface area contributed by atoms with Gasteiger partial charge in [-0.2, -0.15) is 0 Å². The third-order valence-corrected chi connectivity index (χ3v) is 4.39. The number of halogens is 2. The van der Waals surface area contributed by atoms with E-state index in [1.807, 2.05) is 19.1 Å². The summed E-state index contributed by atoms with van der Waals surface area (Å²) in [5, 5.41) is 3.78. The molecule has 0 fully saturated rings. The lowest BCUT2D eigenvalue weighted by molar-refractivity contribution is 0.627. The summed E-state index contributed by atoms with van der Waals surface area (Å²) in [6, 6.07) is 13.8. The van der Waals surface area contributed by atoms with Crippen molar-refractivity contribution < 1.29 is 4.39 Å². The molecule has 3 rings (SSSR count). The molecular weight excluding hydrogens is 353 g/mol. The Bertz CT molecular complexity index is 937. The Hall–Kier alpha value is -2.66. The summed E-state index contributed by atoms with van der Waals surface area (Å²) < 4.78 is 12.9. The minimum atomic E-state index is -0.250. The fourth-order valence-electron chi connectivity index (χ4n) is 2.69. The van der Waals surface area contributed by atoms with Crippen LogP contribution in [0, 0.1) is 12.7 Å². The molecule has 134 valence electrons. The van der Waals surface area contributed by atoms with Crippen LogP contribution in [0.15, 0.2) is 53.3 Å². The lowest BCUT2D eigenvalue weighted by Crippen LogP contribution is -2.20. The van der Waals surface area contributed by atoms with Gasteiger partial charge in [-0.3, -0.25) is 9.78 Å². The van der Waals surface area contributed by atoms with Gasteiger partial charge in [-0.05, 0) is 48.7 Å². The minimum Gasteiger partial charge on any atom is -0.355 e. The molecular formula is C20H19ClFN3O. The molecule has 0 unspecified atom stereocenters. The van der Waals surface area contributed by atoms with Crippen molar-refractivity contribution in [3.63, 3.8) is 0 Å². The zero-order valence-corrected chi connectivity index (χ0v) is 15.1. The molecule has 3 aromatic rings. The van der Waals surface area contributed by atoms with Gasteiger partial charge >= 0.3 is 0 Å². The van der Waals surface area contributed by atoms with E-state index in [1.165, 1.54) is 12.1 Å². The van der Waals surface area contributed by atoms with Crippen LogP contribution in [0.1, 0.15) is 22.4 Å². The van der Waals surface area contributed by atoms with Gasteiger partial charge in [0, 0.05) is 23.6 Å². The van der Waals surface area contributed by atoms with Gasteiger partial charge in [-0.25, -0.2) is 9.37 Å². The Kier molecular flexibility index (Phi) is 5.68. The molecule has 0 bridgehead atoms. The lowest BCUT2D eigenvalue weighted by atomic mass is 10.1. The molecule has 1 aromatic heterocycles. The molecule has 0 saturated heterocycles. The van der Waals surface area contributed by atoms with Gasteiger partial charge in [0.1, 0.15) is 5.82 Å². The van der Waals surface area contributed by atoms with E-state index in [4.69, 9.17) is 11.6 Å². The Morgan fingerprint density at radius 2 is 1.73 bits per heavy atom. The van der Waals surface area contributed by atoms with Crippen LogP contribution >= 0.6 is 11.6 Å². The number of aromatic amines is 1. The second kappa shape index (κ2) is 8.15. The number of rotatable bonds is 6. The highest BCUT2D eigenvalue weighted by Gasteiger charge is 2.09. The average molecular weight is 372 g/mol. The van der Waals surface area contributed by atoms with E-state index in [9.17, 15) is 9.18 Å². The zero-order chi connectivity index (χ0) is 18.5. The number of nitrogens with zero attached hydrogens (tertiary/aromatic N) is 1. The molecule has 0 spiro atoms. The summed E-state index contributed by atoms with van der Waals surface area (Å²) in [6.45, 7) is 2.41. The SMILES string of the molecule is Cc1nc(NCCc2ccc(F)cc2)[nH]c(=O)c1Cc1ccc(Cl)cc1. The minimum absolute atomic E-state index is 0.156.